The summed E-state index contributed by atoms with van der Waals surface area (Å²) in [6.07, 6.45) is 3.55. The van der Waals surface area contributed by atoms with E-state index >= 15 is 0 Å². The van der Waals surface area contributed by atoms with Gasteiger partial charge in [-0.25, -0.2) is 4.79 Å². The lowest BCUT2D eigenvalue weighted by Crippen LogP contribution is -2.49. The molecule has 1 fully saturated rings. The molecule has 0 radical (unpaired) electrons. The first-order chi connectivity index (χ1) is 9.02. The number of pyridine rings is 1. The first-order valence-corrected chi connectivity index (χ1v) is 6.22. The van der Waals surface area contributed by atoms with E-state index in [1.807, 2.05) is 0 Å². The number of aromatic nitrogens is 1. The van der Waals surface area contributed by atoms with Gasteiger partial charge in [-0.15, -0.1) is 0 Å². The number of nitrogens with zero attached hydrogens (tertiary/aromatic N) is 2. The maximum Gasteiger partial charge on any atom is 0.326 e. The van der Waals surface area contributed by atoms with Crippen LogP contribution in [0.4, 0.5) is 0 Å². The molecule has 2 rings (SSSR count). The summed E-state index contributed by atoms with van der Waals surface area (Å²) in [5.74, 6) is -1.51. The Hall–Kier alpha value is -2.11. The maximum absolute atomic E-state index is 12.3. The van der Waals surface area contributed by atoms with Crippen LogP contribution < -0.4 is 5.56 Å². The molecule has 1 atom stereocenters. The van der Waals surface area contributed by atoms with Crippen LogP contribution in [0.2, 0.25) is 0 Å². The van der Waals surface area contributed by atoms with Gasteiger partial charge in [0.15, 0.2) is 0 Å². The molecule has 1 saturated heterocycles. The number of piperidine rings is 1. The van der Waals surface area contributed by atoms with Gasteiger partial charge in [0.1, 0.15) is 11.6 Å². The molecular formula is C13H16N2O4. The summed E-state index contributed by atoms with van der Waals surface area (Å²) in [4.78, 5) is 36.7. The van der Waals surface area contributed by atoms with Gasteiger partial charge in [-0.1, -0.05) is 0 Å². The zero-order valence-corrected chi connectivity index (χ0v) is 10.7. The Bertz CT molecular complexity index is 564. The van der Waals surface area contributed by atoms with Gasteiger partial charge in [-0.05, 0) is 31.4 Å². The molecule has 0 spiro atoms. The third-order valence-corrected chi connectivity index (χ3v) is 3.40. The zero-order valence-electron chi connectivity index (χ0n) is 10.7. The summed E-state index contributed by atoms with van der Waals surface area (Å²) in [6.45, 7) is 0.383. The van der Waals surface area contributed by atoms with E-state index < -0.39 is 23.5 Å². The molecule has 0 aliphatic carbocycles. The average molecular weight is 264 g/mol. The Morgan fingerprint density at radius 1 is 1.37 bits per heavy atom. The predicted molar refractivity (Wildman–Crippen MR) is 68.0 cm³/mol. The third-order valence-electron chi connectivity index (χ3n) is 3.40. The summed E-state index contributed by atoms with van der Waals surface area (Å²) in [7, 11) is 1.56. The van der Waals surface area contributed by atoms with Gasteiger partial charge >= 0.3 is 5.97 Å². The van der Waals surface area contributed by atoms with Crippen LogP contribution in [-0.2, 0) is 11.8 Å². The van der Waals surface area contributed by atoms with Crippen molar-refractivity contribution in [2.45, 2.75) is 25.3 Å². The van der Waals surface area contributed by atoms with Crippen LogP contribution >= 0.6 is 0 Å². The second-order valence-corrected chi connectivity index (χ2v) is 4.69. The van der Waals surface area contributed by atoms with Crippen LogP contribution in [0.5, 0.6) is 0 Å². The third kappa shape index (κ3) is 2.52. The summed E-state index contributed by atoms with van der Waals surface area (Å²) in [5.41, 5.74) is -0.375. The molecule has 19 heavy (non-hydrogen) atoms. The molecule has 1 aliphatic heterocycles. The highest BCUT2D eigenvalue weighted by Gasteiger charge is 2.33. The quantitative estimate of drug-likeness (QED) is 0.841. The van der Waals surface area contributed by atoms with Crippen molar-refractivity contribution in [3.05, 3.63) is 34.2 Å². The smallest absolute Gasteiger partial charge is 0.326 e. The van der Waals surface area contributed by atoms with Crippen LogP contribution in [0, 0.1) is 0 Å². The SMILES string of the molecule is Cn1cccc(C(=O)N2CCCCC2C(=O)O)c1=O. The topological polar surface area (TPSA) is 79.6 Å². The van der Waals surface area contributed by atoms with Gasteiger partial charge in [-0.3, -0.25) is 9.59 Å². The summed E-state index contributed by atoms with van der Waals surface area (Å²) in [6, 6.07) is 2.22. The lowest BCUT2D eigenvalue weighted by Gasteiger charge is -2.32. The molecule has 0 saturated carbocycles. The van der Waals surface area contributed by atoms with E-state index in [4.69, 9.17) is 5.11 Å². The van der Waals surface area contributed by atoms with Crippen molar-refractivity contribution in [3.8, 4) is 0 Å². The second kappa shape index (κ2) is 5.26. The minimum absolute atomic E-state index is 0.0261. The van der Waals surface area contributed by atoms with Gasteiger partial charge in [0.2, 0.25) is 0 Å². The van der Waals surface area contributed by atoms with E-state index in [1.54, 1.807) is 19.3 Å². The summed E-state index contributed by atoms with van der Waals surface area (Å²) in [5, 5.41) is 9.15. The number of aliphatic carboxylic acids is 1. The van der Waals surface area contributed by atoms with E-state index in [9.17, 15) is 14.4 Å². The zero-order chi connectivity index (χ0) is 14.0. The van der Waals surface area contributed by atoms with Crippen LogP contribution in [0.25, 0.3) is 0 Å². The number of carbonyl (C=O) groups excluding carboxylic acids is 1. The first kappa shape index (κ1) is 13.3. The van der Waals surface area contributed by atoms with E-state index in [-0.39, 0.29) is 5.56 Å². The normalized spacial score (nSPS) is 19.2. The number of likely N-dealkylation sites (tertiary alicyclic amines) is 1. The van der Waals surface area contributed by atoms with Crippen molar-refractivity contribution in [2.24, 2.45) is 7.05 Å². The molecule has 1 amide bonds. The number of hydrogen-bond donors (Lipinski definition) is 1. The standard InChI is InChI=1S/C13H16N2O4/c1-14-7-4-5-9(11(14)16)12(17)15-8-3-2-6-10(15)13(18)19/h4-5,7,10H,2-3,6,8H2,1H3,(H,18,19). The number of hydrogen-bond acceptors (Lipinski definition) is 3. The van der Waals surface area contributed by atoms with E-state index in [0.717, 1.165) is 12.8 Å². The minimum atomic E-state index is -1.01. The van der Waals surface area contributed by atoms with Crippen molar-refractivity contribution < 1.29 is 14.7 Å². The Morgan fingerprint density at radius 2 is 2.11 bits per heavy atom. The van der Waals surface area contributed by atoms with E-state index in [0.29, 0.717) is 13.0 Å². The first-order valence-electron chi connectivity index (χ1n) is 6.22. The summed E-state index contributed by atoms with van der Waals surface area (Å²) < 4.78 is 1.31. The Balaban J connectivity index is 2.34. The fourth-order valence-corrected chi connectivity index (χ4v) is 2.35. The van der Waals surface area contributed by atoms with E-state index in [2.05, 4.69) is 0 Å². The van der Waals surface area contributed by atoms with Crippen LogP contribution in [0.15, 0.2) is 23.1 Å². The van der Waals surface area contributed by atoms with Crippen molar-refractivity contribution in [2.75, 3.05) is 6.54 Å². The molecule has 0 aromatic carbocycles. The van der Waals surface area contributed by atoms with Gasteiger partial charge in [0.25, 0.3) is 11.5 Å². The van der Waals surface area contributed by atoms with E-state index in [1.165, 1.54) is 15.5 Å². The Morgan fingerprint density at radius 3 is 2.79 bits per heavy atom. The van der Waals surface area contributed by atoms with Gasteiger partial charge in [-0.2, -0.15) is 0 Å². The predicted octanol–water partition coefficient (Wildman–Crippen LogP) is 0.465. The molecule has 1 N–H and O–H groups in total. The highest BCUT2D eigenvalue weighted by molar-refractivity contribution is 5.96. The number of carbonyl (C=O) groups is 2. The maximum atomic E-state index is 12.3. The molecule has 6 heteroatoms. The molecule has 1 unspecified atom stereocenters. The van der Waals surface area contributed by atoms with Crippen molar-refractivity contribution in [1.82, 2.24) is 9.47 Å². The monoisotopic (exact) mass is 264 g/mol. The van der Waals surface area contributed by atoms with Gasteiger partial charge in [0.05, 0.1) is 0 Å². The minimum Gasteiger partial charge on any atom is -0.480 e. The van der Waals surface area contributed by atoms with Crippen molar-refractivity contribution >= 4 is 11.9 Å². The molecule has 6 nitrogen and oxygen atoms in total. The van der Waals surface area contributed by atoms with Crippen LogP contribution in [-0.4, -0.2) is 39.0 Å². The van der Waals surface area contributed by atoms with Crippen molar-refractivity contribution in [1.29, 1.82) is 0 Å². The van der Waals surface area contributed by atoms with Crippen LogP contribution in [0.3, 0.4) is 0 Å². The number of aryl methyl sites for hydroxylation is 1. The molecule has 1 aromatic rings. The molecule has 1 aromatic heterocycles. The second-order valence-electron chi connectivity index (χ2n) is 4.69. The van der Waals surface area contributed by atoms with Crippen molar-refractivity contribution in [3.63, 3.8) is 0 Å². The fourth-order valence-electron chi connectivity index (χ4n) is 2.35. The molecule has 102 valence electrons. The molecule has 0 bridgehead atoms. The lowest BCUT2D eigenvalue weighted by atomic mass is 10.0. The van der Waals surface area contributed by atoms with Gasteiger partial charge < -0.3 is 14.6 Å². The number of rotatable bonds is 2. The number of amides is 1. The fraction of sp³-hybridized carbons (Fsp3) is 0.462. The Kier molecular flexibility index (Phi) is 3.69. The van der Waals surface area contributed by atoms with Gasteiger partial charge in [0, 0.05) is 19.8 Å². The molecular weight excluding hydrogens is 248 g/mol. The average Bonchev–Trinajstić information content (AvgIpc) is 2.41. The number of carboxylic acid groups (broad SMARTS) is 1. The Labute approximate surface area is 110 Å². The molecule has 2 heterocycles. The highest BCUT2D eigenvalue weighted by Crippen LogP contribution is 2.19. The highest BCUT2D eigenvalue weighted by atomic mass is 16.4. The lowest BCUT2D eigenvalue weighted by molar-refractivity contribution is -0.143. The number of carboxylic acids is 1. The molecule has 1 aliphatic rings. The largest absolute Gasteiger partial charge is 0.480 e. The summed E-state index contributed by atoms with van der Waals surface area (Å²) >= 11 is 0. The van der Waals surface area contributed by atoms with Crippen LogP contribution in [0.1, 0.15) is 29.6 Å².